The molecule has 4 nitrogen and oxygen atoms in total. The normalized spacial score (nSPS) is 13.8. The summed E-state index contributed by atoms with van der Waals surface area (Å²) in [5.74, 6) is 0.852. The van der Waals surface area contributed by atoms with E-state index in [0.29, 0.717) is 0 Å². The minimum atomic E-state index is 0.852. The quantitative estimate of drug-likeness (QED) is 0.715. The van der Waals surface area contributed by atoms with Crippen molar-refractivity contribution in [1.29, 1.82) is 0 Å². The predicted molar refractivity (Wildman–Crippen MR) is 120 cm³/mol. The number of aryl methyl sites for hydroxylation is 2. The fourth-order valence-corrected chi connectivity index (χ4v) is 2.26. The van der Waals surface area contributed by atoms with Crippen LogP contribution < -0.4 is 0 Å². The van der Waals surface area contributed by atoms with Gasteiger partial charge in [0.05, 0.1) is 0 Å². The summed E-state index contributed by atoms with van der Waals surface area (Å²) in [6.45, 7) is 25.1. The first-order valence-corrected chi connectivity index (χ1v) is 10.9. The van der Waals surface area contributed by atoms with Gasteiger partial charge in [0.2, 0.25) is 0 Å². The van der Waals surface area contributed by atoms with Crippen molar-refractivity contribution in [2.75, 3.05) is 39.8 Å². The van der Waals surface area contributed by atoms with Gasteiger partial charge in [0.15, 0.2) is 0 Å². The van der Waals surface area contributed by atoms with Gasteiger partial charge in [-0.05, 0) is 38.4 Å². The van der Waals surface area contributed by atoms with Gasteiger partial charge in [0, 0.05) is 45.1 Å². The third-order valence-corrected chi connectivity index (χ3v) is 3.90. The molecule has 1 saturated heterocycles. The molecule has 1 aromatic rings. The fraction of sp³-hybridized carbons (Fsp3) is 0.864. The lowest BCUT2D eigenvalue weighted by molar-refractivity contribution is 0.148. The molecule has 0 radical (unpaired) electrons. The maximum atomic E-state index is 4.00. The average molecular weight is 371 g/mol. The van der Waals surface area contributed by atoms with Gasteiger partial charge in [-0.2, -0.15) is 5.10 Å². The second-order valence-corrected chi connectivity index (χ2v) is 6.13. The van der Waals surface area contributed by atoms with Gasteiger partial charge in [0.25, 0.3) is 0 Å². The molecule has 2 rings (SSSR count). The van der Waals surface area contributed by atoms with E-state index in [9.17, 15) is 0 Å². The van der Waals surface area contributed by atoms with E-state index < -0.39 is 0 Å². The molecule has 1 aliphatic rings. The van der Waals surface area contributed by atoms with E-state index in [2.05, 4.69) is 42.7 Å². The minimum absolute atomic E-state index is 0.852. The van der Waals surface area contributed by atoms with Crippen LogP contribution in [0.2, 0.25) is 0 Å². The molecule has 0 unspecified atom stereocenters. The van der Waals surface area contributed by atoms with E-state index in [-0.39, 0.29) is 0 Å². The fourth-order valence-electron chi connectivity index (χ4n) is 2.26. The summed E-state index contributed by atoms with van der Waals surface area (Å²) in [6.07, 6.45) is 4.24. The van der Waals surface area contributed by atoms with Gasteiger partial charge in [-0.25, -0.2) is 0 Å². The molecule has 0 saturated carbocycles. The lowest BCUT2D eigenvalue weighted by atomic mass is 10.1. The van der Waals surface area contributed by atoms with Crippen molar-refractivity contribution in [3.63, 3.8) is 0 Å². The molecule has 0 atom stereocenters. The zero-order valence-electron chi connectivity index (χ0n) is 20.0. The summed E-state index contributed by atoms with van der Waals surface area (Å²) in [5.41, 5.74) is 1.28. The number of nitrogens with zero attached hydrogens (tertiary/aromatic N) is 4. The van der Waals surface area contributed by atoms with Crippen LogP contribution in [0, 0.1) is 5.92 Å². The lowest BCUT2D eigenvalue weighted by Gasteiger charge is -2.32. The van der Waals surface area contributed by atoms with Gasteiger partial charge in [-0.1, -0.05) is 62.3 Å². The van der Waals surface area contributed by atoms with E-state index in [1.54, 1.807) is 0 Å². The Hall–Kier alpha value is -0.870. The highest BCUT2D eigenvalue weighted by Gasteiger charge is 2.12. The van der Waals surface area contributed by atoms with Crippen LogP contribution in [0.1, 0.15) is 74.4 Å². The maximum absolute atomic E-state index is 4.00. The molecule has 0 aromatic carbocycles. The standard InChI is InChI=1S/C10H22N2.C6H10N2.3C2H6/c1-10(2)4-5-12-8-6-11(3)7-9-12;1-3-6-4-5-7-8(6)2;3*1-2/h10H,4-9H2,1-3H3;4-5H,3H2,1-2H3;3*1-2H3. The van der Waals surface area contributed by atoms with Gasteiger partial charge in [-0.15, -0.1) is 0 Å². The van der Waals surface area contributed by atoms with Crippen molar-refractivity contribution in [2.24, 2.45) is 13.0 Å². The van der Waals surface area contributed by atoms with Crippen LogP contribution in [-0.4, -0.2) is 59.4 Å². The SMILES string of the molecule is CC.CC.CC.CC(C)CCN1CCN(C)CC1.CCc1ccnn1C. The smallest absolute Gasteiger partial charge is 0.0492 e. The Morgan fingerprint density at radius 3 is 1.73 bits per heavy atom. The first-order valence-electron chi connectivity index (χ1n) is 10.9. The van der Waals surface area contributed by atoms with E-state index >= 15 is 0 Å². The number of hydrogen-bond acceptors (Lipinski definition) is 3. The predicted octanol–water partition coefficient (Wildman–Crippen LogP) is 5.34. The van der Waals surface area contributed by atoms with Gasteiger partial charge in [0.1, 0.15) is 0 Å². The Labute approximate surface area is 166 Å². The summed E-state index contributed by atoms with van der Waals surface area (Å²) in [4.78, 5) is 4.99. The summed E-state index contributed by atoms with van der Waals surface area (Å²) >= 11 is 0. The number of rotatable bonds is 4. The van der Waals surface area contributed by atoms with Crippen molar-refractivity contribution >= 4 is 0 Å². The molecule has 0 amide bonds. The zero-order chi connectivity index (χ0) is 21.0. The number of aromatic nitrogens is 2. The highest BCUT2D eigenvalue weighted by atomic mass is 15.3. The van der Waals surface area contributed by atoms with Crippen molar-refractivity contribution in [3.8, 4) is 0 Å². The Balaban J connectivity index is -0.000000328. The van der Waals surface area contributed by atoms with Crippen molar-refractivity contribution in [2.45, 2.75) is 75.2 Å². The molecule has 1 aromatic heterocycles. The van der Waals surface area contributed by atoms with E-state index in [1.165, 1.54) is 44.8 Å². The first kappa shape index (κ1) is 29.9. The van der Waals surface area contributed by atoms with E-state index in [4.69, 9.17) is 0 Å². The third-order valence-electron chi connectivity index (χ3n) is 3.90. The monoisotopic (exact) mass is 370 g/mol. The molecule has 1 fully saturated rings. The minimum Gasteiger partial charge on any atom is -0.304 e. The summed E-state index contributed by atoms with van der Waals surface area (Å²) in [5, 5.41) is 4.00. The summed E-state index contributed by atoms with van der Waals surface area (Å²) in [7, 11) is 4.17. The third kappa shape index (κ3) is 16.6. The highest BCUT2D eigenvalue weighted by Crippen LogP contribution is 2.04. The van der Waals surface area contributed by atoms with E-state index in [1.807, 2.05) is 65.5 Å². The van der Waals surface area contributed by atoms with Crippen LogP contribution in [-0.2, 0) is 13.5 Å². The largest absolute Gasteiger partial charge is 0.304 e. The molecule has 26 heavy (non-hydrogen) atoms. The molecule has 0 N–H and O–H groups in total. The maximum Gasteiger partial charge on any atom is 0.0492 e. The Bertz CT molecular complexity index is 353. The van der Waals surface area contributed by atoms with Crippen LogP contribution in [0.4, 0.5) is 0 Å². The first-order chi connectivity index (χ1) is 12.5. The van der Waals surface area contributed by atoms with Crippen molar-refractivity contribution in [3.05, 3.63) is 18.0 Å². The van der Waals surface area contributed by atoms with Crippen LogP contribution in [0.3, 0.4) is 0 Å². The summed E-state index contributed by atoms with van der Waals surface area (Å²) < 4.78 is 1.89. The van der Waals surface area contributed by atoms with Crippen LogP contribution in [0.25, 0.3) is 0 Å². The molecular formula is C22H50N4. The molecular weight excluding hydrogens is 320 g/mol. The Morgan fingerprint density at radius 1 is 0.923 bits per heavy atom. The van der Waals surface area contributed by atoms with Gasteiger partial charge >= 0.3 is 0 Å². The van der Waals surface area contributed by atoms with Crippen LogP contribution in [0.15, 0.2) is 12.3 Å². The molecule has 2 heterocycles. The van der Waals surface area contributed by atoms with Crippen molar-refractivity contribution in [1.82, 2.24) is 19.6 Å². The summed E-state index contributed by atoms with van der Waals surface area (Å²) in [6, 6.07) is 2.03. The highest BCUT2D eigenvalue weighted by molar-refractivity contribution is 4.98. The lowest BCUT2D eigenvalue weighted by Crippen LogP contribution is -2.44. The van der Waals surface area contributed by atoms with Crippen LogP contribution >= 0.6 is 0 Å². The molecule has 1 aliphatic heterocycles. The number of likely N-dealkylation sites (N-methyl/N-ethyl adjacent to an activating group) is 1. The van der Waals surface area contributed by atoms with Gasteiger partial charge < -0.3 is 9.80 Å². The molecule has 158 valence electrons. The van der Waals surface area contributed by atoms with Gasteiger partial charge in [-0.3, -0.25) is 4.68 Å². The molecule has 0 spiro atoms. The molecule has 4 heteroatoms. The van der Waals surface area contributed by atoms with Crippen molar-refractivity contribution < 1.29 is 0 Å². The second kappa shape index (κ2) is 22.2. The second-order valence-electron chi connectivity index (χ2n) is 6.13. The molecule has 0 bridgehead atoms. The molecule has 0 aliphatic carbocycles. The Kier molecular flexibility index (Phi) is 25.5. The van der Waals surface area contributed by atoms with Crippen LogP contribution in [0.5, 0.6) is 0 Å². The zero-order valence-corrected chi connectivity index (χ0v) is 20.0. The Morgan fingerprint density at radius 2 is 1.42 bits per heavy atom. The number of hydrogen-bond donors (Lipinski definition) is 0. The number of piperazine rings is 1. The topological polar surface area (TPSA) is 24.3 Å². The van der Waals surface area contributed by atoms with E-state index in [0.717, 1.165) is 12.3 Å². The average Bonchev–Trinajstić information content (AvgIpc) is 3.11.